The van der Waals surface area contributed by atoms with Crippen molar-refractivity contribution in [3.63, 3.8) is 0 Å². The Hall–Kier alpha value is -4.90. The first-order valence-electron chi connectivity index (χ1n) is 12.2. The van der Waals surface area contributed by atoms with Gasteiger partial charge in [-0.3, -0.25) is 20.0 Å². The number of hydrogen-bond donors (Lipinski definition) is 2. The fraction of sp³-hybridized carbons (Fsp3) is 0.179. The summed E-state index contributed by atoms with van der Waals surface area (Å²) in [5, 5.41) is 7.52. The second-order valence-corrected chi connectivity index (χ2v) is 9.30. The van der Waals surface area contributed by atoms with Gasteiger partial charge in [-0.25, -0.2) is 14.4 Å². The molecule has 0 spiro atoms. The highest BCUT2D eigenvalue weighted by molar-refractivity contribution is 5.96. The molecular formula is C28H25FN8O2. The van der Waals surface area contributed by atoms with Gasteiger partial charge in [0.1, 0.15) is 29.1 Å². The van der Waals surface area contributed by atoms with Crippen molar-refractivity contribution < 1.29 is 13.9 Å². The third-order valence-corrected chi connectivity index (χ3v) is 6.49. The van der Waals surface area contributed by atoms with Gasteiger partial charge in [-0.2, -0.15) is 5.10 Å². The van der Waals surface area contributed by atoms with Crippen LogP contribution >= 0.6 is 0 Å². The summed E-state index contributed by atoms with van der Waals surface area (Å²) in [5.41, 5.74) is 6.04. The van der Waals surface area contributed by atoms with E-state index in [2.05, 4.69) is 25.1 Å². The number of aromatic amines is 2. The molecule has 0 aliphatic heterocycles. The quantitative estimate of drug-likeness (QED) is 0.278. The van der Waals surface area contributed by atoms with E-state index in [1.54, 1.807) is 30.9 Å². The molecule has 5 aromatic heterocycles. The van der Waals surface area contributed by atoms with Gasteiger partial charge in [-0.15, -0.1) is 0 Å². The minimum atomic E-state index is -0.410. The van der Waals surface area contributed by atoms with Crippen molar-refractivity contribution in [1.82, 2.24) is 40.0 Å². The first-order valence-corrected chi connectivity index (χ1v) is 12.2. The van der Waals surface area contributed by atoms with Gasteiger partial charge in [-0.1, -0.05) is 0 Å². The molecule has 0 bridgehead atoms. The van der Waals surface area contributed by atoms with Gasteiger partial charge >= 0.3 is 0 Å². The molecule has 6 rings (SSSR count). The topological polar surface area (TPSA) is 118 Å². The van der Waals surface area contributed by atoms with E-state index in [0.717, 1.165) is 11.1 Å². The van der Waals surface area contributed by atoms with Crippen LogP contribution in [0.4, 0.5) is 4.39 Å². The molecule has 11 heteroatoms. The van der Waals surface area contributed by atoms with Crippen molar-refractivity contribution in [1.29, 1.82) is 0 Å². The number of nitrogens with one attached hydrogen (secondary N) is 2. The largest absolute Gasteiger partial charge is 0.497 e. The Bertz CT molecular complexity index is 1810. The molecule has 1 aromatic carbocycles. The maximum atomic E-state index is 14.2. The first-order chi connectivity index (χ1) is 18.9. The molecule has 10 nitrogen and oxygen atoms in total. The average molecular weight is 525 g/mol. The molecule has 196 valence electrons. The number of hydrogen-bond acceptors (Lipinski definition) is 8. The highest BCUT2D eigenvalue weighted by atomic mass is 19.1. The van der Waals surface area contributed by atoms with Crippen LogP contribution in [0.2, 0.25) is 0 Å². The smallest absolute Gasteiger partial charge is 0.161 e. The Balaban J connectivity index is 1.41. The fourth-order valence-electron chi connectivity index (χ4n) is 4.24. The molecule has 1 atom stereocenters. The van der Waals surface area contributed by atoms with Crippen molar-refractivity contribution in [3.05, 3.63) is 67.0 Å². The second kappa shape index (κ2) is 9.76. The van der Waals surface area contributed by atoms with Crippen molar-refractivity contribution in [2.75, 3.05) is 21.2 Å². The van der Waals surface area contributed by atoms with Crippen LogP contribution in [0, 0.1) is 5.82 Å². The average Bonchev–Trinajstić information content (AvgIpc) is 3.56. The summed E-state index contributed by atoms with van der Waals surface area (Å²) in [7, 11) is 5.39. The van der Waals surface area contributed by atoms with Crippen LogP contribution in [0.5, 0.6) is 11.5 Å². The maximum Gasteiger partial charge on any atom is 0.161 e. The third kappa shape index (κ3) is 4.64. The third-order valence-electron chi connectivity index (χ3n) is 6.49. The molecule has 39 heavy (non-hydrogen) atoms. The first kappa shape index (κ1) is 24.4. The standard InChI is InChI=1S/C28H25FN8O2/c1-15(37(2)3)39-20-9-17(11-30-12-20)22-5-6-23-26(32-22)27(36-35-23)28-33-24-14-31-13-21(25(24)34-28)16-7-18(29)10-19(8-16)38-4/h5-15H,1-4H3,(H,33,34)(H,35,36). The molecule has 5 heterocycles. The Morgan fingerprint density at radius 2 is 1.69 bits per heavy atom. The van der Waals surface area contributed by atoms with Gasteiger partial charge in [0, 0.05) is 29.6 Å². The van der Waals surface area contributed by atoms with Crippen LogP contribution in [0.15, 0.2) is 61.2 Å². The summed E-state index contributed by atoms with van der Waals surface area (Å²) in [4.78, 5) is 23.6. The number of rotatable bonds is 7. The number of pyridine rings is 3. The molecule has 0 aliphatic carbocycles. The van der Waals surface area contributed by atoms with Gasteiger partial charge in [0.2, 0.25) is 0 Å². The monoisotopic (exact) mass is 524 g/mol. The fourth-order valence-corrected chi connectivity index (χ4v) is 4.24. The predicted molar refractivity (Wildman–Crippen MR) is 146 cm³/mol. The number of fused-ring (bicyclic) bond motifs is 2. The minimum absolute atomic E-state index is 0.112. The number of imidazole rings is 1. The molecule has 0 saturated heterocycles. The molecule has 0 amide bonds. The molecule has 0 fully saturated rings. The van der Waals surface area contributed by atoms with Crippen LogP contribution < -0.4 is 9.47 Å². The number of nitrogens with zero attached hydrogens (tertiary/aromatic N) is 6. The minimum Gasteiger partial charge on any atom is -0.497 e. The maximum absolute atomic E-state index is 14.2. The van der Waals surface area contributed by atoms with Crippen molar-refractivity contribution in [2.24, 2.45) is 0 Å². The Labute approximate surface area is 222 Å². The summed E-state index contributed by atoms with van der Waals surface area (Å²) < 4.78 is 25.4. The van der Waals surface area contributed by atoms with E-state index in [-0.39, 0.29) is 6.23 Å². The van der Waals surface area contributed by atoms with Crippen molar-refractivity contribution >= 4 is 22.1 Å². The molecule has 0 aliphatic rings. The number of ether oxygens (including phenoxy) is 2. The lowest BCUT2D eigenvalue weighted by Gasteiger charge is -2.21. The zero-order valence-electron chi connectivity index (χ0n) is 21.7. The van der Waals surface area contributed by atoms with E-state index < -0.39 is 5.82 Å². The molecular weight excluding hydrogens is 499 g/mol. The van der Waals surface area contributed by atoms with E-state index in [0.29, 0.717) is 56.4 Å². The summed E-state index contributed by atoms with van der Waals surface area (Å²) >= 11 is 0. The highest BCUT2D eigenvalue weighted by Crippen LogP contribution is 2.33. The summed E-state index contributed by atoms with van der Waals surface area (Å²) in [5.74, 6) is 1.16. The lowest BCUT2D eigenvalue weighted by molar-refractivity contribution is 0.0812. The number of aromatic nitrogens is 7. The number of halogens is 1. The van der Waals surface area contributed by atoms with Crippen LogP contribution in [0.1, 0.15) is 6.92 Å². The van der Waals surface area contributed by atoms with E-state index in [9.17, 15) is 4.39 Å². The van der Waals surface area contributed by atoms with E-state index in [1.165, 1.54) is 19.2 Å². The Kier molecular flexibility index (Phi) is 6.12. The Morgan fingerprint density at radius 3 is 2.51 bits per heavy atom. The van der Waals surface area contributed by atoms with Crippen molar-refractivity contribution in [3.8, 4) is 45.4 Å². The molecule has 0 saturated carbocycles. The van der Waals surface area contributed by atoms with Crippen LogP contribution in [0.25, 0.3) is 56.0 Å². The zero-order valence-corrected chi connectivity index (χ0v) is 21.7. The lowest BCUT2D eigenvalue weighted by atomic mass is 10.1. The summed E-state index contributed by atoms with van der Waals surface area (Å²) in [6.45, 7) is 1.97. The van der Waals surface area contributed by atoms with Gasteiger partial charge in [0.15, 0.2) is 11.5 Å². The van der Waals surface area contributed by atoms with E-state index in [1.807, 2.05) is 44.1 Å². The van der Waals surface area contributed by atoms with Crippen molar-refractivity contribution in [2.45, 2.75) is 13.2 Å². The van der Waals surface area contributed by atoms with Gasteiger partial charge < -0.3 is 14.5 Å². The van der Waals surface area contributed by atoms with E-state index >= 15 is 0 Å². The normalized spacial score (nSPS) is 12.4. The lowest BCUT2D eigenvalue weighted by Crippen LogP contribution is -2.30. The number of H-pyrrole nitrogens is 2. The number of methoxy groups -OCH3 is 1. The van der Waals surface area contributed by atoms with E-state index in [4.69, 9.17) is 19.4 Å². The van der Waals surface area contributed by atoms with Crippen LogP contribution in [-0.2, 0) is 0 Å². The van der Waals surface area contributed by atoms with Gasteiger partial charge in [0.25, 0.3) is 0 Å². The van der Waals surface area contributed by atoms with Crippen LogP contribution in [0.3, 0.4) is 0 Å². The highest BCUT2D eigenvalue weighted by Gasteiger charge is 2.18. The Morgan fingerprint density at radius 1 is 0.872 bits per heavy atom. The van der Waals surface area contributed by atoms with Gasteiger partial charge in [0.05, 0.1) is 41.7 Å². The predicted octanol–water partition coefficient (Wildman–Crippen LogP) is 5.06. The molecule has 6 aromatic rings. The molecule has 0 radical (unpaired) electrons. The van der Waals surface area contributed by atoms with Crippen LogP contribution in [-0.4, -0.2) is 67.5 Å². The molecule has 1 unspecified atom stereocenters. The van der Waals surface area contributed by atoms with Gasteiger partial charge in [-0.05, 0) is 56.9 Å². The zero-order chi connectivity index (χ0) is 27.1. The number of benzene rings is 1. The molecule has 2 N–H and O–H groups in total. The summed E-state index contributed by atoms with van der Waals surface area (Å²) in [6.07, 6.45) is 6.64. The summed E-state index contributed by atoms with van der Waals surface area (Å²) in [6, 6.07) is 10.2. The second-order valence-electron chi connectivity index (χ2n) is 9.30. The SMILES string of the molecule is COc1cc(F)cc(-c2cncc3[nH]c(-c4n[nH]c5ccc(-c6cncc(OC(C)N(C)C)c6)nc45)nc23)c1.